The van der Waals surface area contributed by atoms with Gasteiger partial charge in [-0.05, 0) is 37.5 Å². The lowest BCUT2D eigenvalue weighted by Crippen LogP contribution is -2.33. The predicted octanol–water partition coefficient (Wildman–Crippen LogP) is 3.91. The minimum Gasteiger partial charge on any atom is -0.503 e. The van der Waals surface area contributed by atoms with Gasteiger partial charge in [-0.25, -0.2) is 0 Å². The van der Waals surface area contributed by atoms with Crippen LogP contribution in [0.1, 0.15) is 29.8 Å². The monoisotopic (exact) mass is 419 g/mol. The number of nitro groups is 1. The van der Waals surface area contributed by atoms with Crippen LogP contribution in [0.3, 0.4) is 0 Å². The first-order chi connectivity index (χ1) is 14.8. The topological polar surface area (TPSA) is 117 Å². The van der Waals surface area contributed by atoms with Crippen LogP contribution in [-0.2, 0) is 16.0 Å². The third-order valence-electron chi connectivity index (χ3n) is 5.71. The van der Waals surface area contributed by atoms with E-state index in [2.05, 4.69) is 4.98 Å². The fraction of sp³-hybridized carbons (Fsp3) is 0.217. The van der Waals surface area contributed by atoms with Gasteiger partial charge in [0.25, 0.3) is 11.6 Å². The highest BCUT2D eigenvalue weighted by molar-refractivity contribution is 6.08. The number of carbonyl (C=O) groups excluding carboxylic acids is 2. The van der Waals surface area contributed by atoms with Gasteiger partial charge in [0.2, 0.25) is 0 Å². The number of Topliss-reactive ketones (excluding diaryl/α,β-unsaturated/α-hetero) is 1. The van der Waals surface area contributed by atoms with Gasteiger partial charge in [0.1, 0.15) is 0 Å². The summed E-state index contributed by atoms with van der Waals surface area (Å²) in [5.41, 5.74) is 3.23. The van der Waals surface area contributed by atoms with Gasteiger partial charge in [-0.2, -0.15) is 0 Å². The maximum atomic E-state index is 12.9. The number of carbonyl (C=O) groups is 2. The van der Waals surface area contributed by atoms with Gasteiger partial charge in [0, 0.05) is 35.3 Å². The quantitative estimate of drug-likeness (QED) is 0.464. The molecule has 2 aromatic carbocycles. The molecular formula is C23H21N3O5. The molecule has 31 heavy (non-hydrogen) atoms. The first-order valence-electron chi connectivity index (χ1n) is 9.85. The number of aromatic amines is 1. The molecule has 4 rings (SSSR count). The van der Waals surface area contributed by atoms with Crippen molar-refractivity contribution in [1.82, 2.24) is 9.88 Å². The Hall–Kier alpha value is -3.94. The molecular weight excluding hydrogens is 398 g/mol. The Bertz CT molecular complexity index is 1260. The van der Waals surface area contributed by atoms with Crippen LogP contribution < -0.4 is 0 Å². The van der Waals surface area contributed by atoms with Crippen molar-refractivity contribution in [2.24, 2.45) is 0 Å². The smallest absolute Gasteiger partial charge is 0.290 e. The van der Waals surface area contributed by atoms with Crippen molar-refractivity contribution in [3.05, 3.63) is 86.8 Å². The first-order valence-corrected chi connectivity index (χ1v) is 9.85. The normalized spacial score (nSPS) is 16.4. The molecule has 1 atom stereocenters. The summed E-state index contributed by atoms with van der Waals surface area (Å²) < 4.78 is 0. The molecule has 1 aromatic heterocycles. The van der Waals surface area contributed by atoms with E-state index in [0.717, 1.165) is 22.2 Å². The minimum absolute atomic E-state index is 0.0406. The molecule has 1 amide bonds. The zero-order valence-electron chi connectivity index (χ0n) is 17.1. The molecule has 158 valence electrons. The number of nitrogens with zero attached hydrogens (tertiary/aromatic N) is 2. The van der Waals surface area contributed by atoms with Crippen LogP contribution in [0.15, 0.2) is 59.9 Å². The lowest BCUT2D eigenvalue weighted by atomic mass is 9.96. The molecule has 0 saturated carbocycles. The van der Waals surface area contributed by atoms with Crippen molar-refractivity contribution in [1.29, 1.82) is 0 Å². The number of hydrogen-bond donors (Lipinski definition) is 2. The van der Waals surface area contributed by atoms with Gasteiger partial charge >= 0.3 is 0 Å². The SMILES string of the molecule is CC(=O)C1=C(O)C(=O)N(CCc2c(C)[nH]c3ccccc23)[C@H]1c1cccc([N+](=O)[O-])c1. The van der Waals surface area contributed by atoms with E-state index in [1.807, 2.05) is 31.2 Å². The number of amides is 1. The predicted molar refractivity (Wildman–Crippen MR) is 115 cm³/mol. The van der Waals surface area contributed by atoms with E-state index in [9.17, 15) is 24.8 Å². The van der Waals surface area contributed by atoms with Crippen LogP contribution in [0.4, 0.5) is 5.69 Å². The Labute approximate surface area is 177 Å². The molecule has 8 nitrogen and oxygen atoms in total. The first kappa shape index (κ1) is 20.3. The number of aliphatic hydroxyl groups is 1. The summed E-state index contributed by atoms with van der Waals surface area (Å²) in [6.45, 7) is 3.46. The van der Waals surface area contributed by atoms with Gasteiger partial charge in [-0.1, -0.05) is 30.3 Å². The zero-order valence-corrected chi connectivity index (χ0v) is 17.1. The van der Waals surface area contributed by atoms with E-state index in [1.165, 1.54) is 30.0 Å². The number of nitro benzene ring substituents is 1. The summed E-state index contributed by atoms with van der Waals surface area (Å²) in [6, 6.07) is 12.8. The fourth-order valence-electron chi connectivity index (χ4n) is 4.29. The molecule has 0 spiro atoms. The van der Waals surface area contributed by atoms with Gasteiger partial charge < -0.3 is 15.0 Å². The summed E-state index contributed by atoms with van der Waals surface area (Å²) in [5.74, 6) is -1.70. The number of hydrogen-bond acceptors (Lipinski definition) is 5. The van der Waals surface area contributed by atoms with Crippen molar-refractivity contribution in [2.75, 3.05) is 6.54 Å². The summed E-state index contributed by atoms with van der Waals surface area (Å²) in [4.78, 5) is 40.6. The van der Waals surface area contributed by atoms with Crippen LogP contribution in [0.2, 0.25) is 0 Å². The number of non-ortho nitro benzene ring substituents is 1. The minimum atomic E-state index is -0.879. The zero-order chi connectivity index (χ0) is 22.3. The second-order valence-corrected chi connectivity index (χ2v) is 7.60. The average molecular weight is 419 g/mol. The second-order valence-electron chi connectivity index (χ2n) is 7.60. The number of aromatic nitrogens is 1. The molecule has 1 aliphatic heterocycles. The largest absolute Gasteiger partial charge is 0.503 e. The molecule has 3 aromatic rings. The fourth-order valence-corrected chi connectivity index (χ4v) is 4.29. The number of benzene rings is 2. The number of para-hydroxylation sites is 1. The van der Waals surface area contributed by atoms with Crippen molar-refractivity contribution >= 4 is 28.3 Å². The van der Waals surface area contributed by atoms with Crippen molar-refractivity contribution < 1.29 is 19.6 Å². The van der Waals surface area contributed by atoms with Crippen LogP contribution >= 0.6 is 0 Å². The highest BCUT2D eigenvalue weighted by Crippen LogP contribution is 2.39. The van der Waals surface area contributed by atoms with Gasteiger partial charge in [0.15, 0.2) is 11.5 Å². The van der Waals surface area contributed by atoms with Gasteiger partial charge in [0.05, 0.1) is 16.5 Å². The molecule has 0 fully saturated rings. The molecule has 8 heteroatoms. The summed E-state index contributed by atoms with van der Waals surface area (Å²) in [7, 11) is 0. The standard InChI is InChI=1S/C23H21N3O5/c1-13-17(18-8-3-4-9-19(18)24-13)10-11-25-21(20(14(2)27)22(28)23(25)29)15-6-5-7-16(12-15)26(30)31/h3-9,12,21,24,28H,10-11H2,1-2H3/t21-/m0/s1. The number of rotatable bonds is 6. The Balaban J connectivity index is 1.72. The summed E-state index contributed by atoms with van der Waals surface area (Å²) in [5, 5.41) is 22.7. The lowest BCUT2D eigenvalue weighted by molar-refractivity contribution is -0.384. The Morgan fingerprint density at radius 1 is 1.23 bits per heavy atom. The summed E-state index contributed by atoms with van der Waals surface area (Å²) >= 11 is 0. The third-order valence-corrected chi connectivity index (χ3v) is 5.71. The van der Waals surface area contributed by atoms with Crippen molar-refractivity contribution in [2.45, 2.75) is 26.3 Å². The Morgan fingerprint density at radius 3 is 2.68 bits per heavy atom. The van der Waals surface area contributed by atoms with Crippen LogP contribution in [-0.4, -0.2) is 38.1 Å². The Morgan fingerprint density at radius 2 is 1.97 bits per heavy atom. The van der Waals surface area contributed by atoms with E-state index in [4.69, 9.17) is 0 Å². The molecule has 0 saturated heterocycles. The van der Waals surface area contributed by atoms with Crippen molar-refractivity contribution in [3.8, 4) is 0 Å². The third kappa shape index (κ3) is 3.46. The van der Waals surface area contributed by atoms with E-state index in [1.54, 1.807) is 6.07 Å². The van der Waals surface area contributed by atoms with Crippen LogP contribution in [0.25, 0.3) is 10.9 Å². The number of H-pyrrole nitrogens is 1. The number of fused-ring (bicyclic) bond motifs is 1. The van der Waals surface area contributed by atoms with E-state index >= 15 is 0 Å². The molecule has 0 unspecified atom stereocenters. The van der Waals surface area contributed by atoms with E-state index in [-0.39, 0.29) is 17.8 Å². The second kappa shape index (κ2) is 7.71. The molecule has 2 N–H and O–H groups in total. The molecule has 0 bridgehead atoms. The van der Waals surface area contributed by atoms with E-state index in [0.29, 0.717) is 12.0 Å². The highest BCUT2D eigenvalue weighted by Gasteiger charge is 2.42. The molecule has 1 aliphatic rings. The molecule has 0 aliphatic carbocycles. The number of aryl methyl sites for hydroxylation is 1. The highest BCUT2D eigenvalue weighted by atomic mass is 16.6. The van der Waals surface area contributed by atoms with Gasteiger partial charge in [-0.15, -0.1) is 0 Å². The van der Waals surface area contributed by atoms with Crippen LogP contribution in [0, 0.1) is 17.0 Å². The summed E-state index contributed by atoms with van der Waals surface area (Å²) in [6.07, 6.45) is 0.492. The van der Waals surface area contributed by atoms with E-state index < -0.39 is 28.4 Å². The maximum absolute atomic E-state index is 12.9. The number of ketones is 1. The lowest BCUT2D eigenvalue weighted by Gasteiger charge is -2.26. The van der Waals surface area contributed by atoms with Crippen molar-refractivity contribution in [3.63, 3.8) is 0 Å². The Kier molecular flexibility index (Phi) is 5.06. The number of nitrogens with one attached hydrogen (secondary N) is 1. The van der Waals surface area contributed by atoms with Crippen LogP contribution in [0.5, 0.6) is 0 Å². The molecule has 2 heterocycles. The van der Waals surface area contributed by atoms with Gasteiger partial charge in [-0.3, -0.25) is 19.7 Å². The molecule has 0 radical (unpaired) electrons. The number of aliphatic hydroxyl groups excluding tert-OH is 1. The average Bonchev–Trinajstić information content (AvgIpc) is 3.19. The maximum Gasteiger partial charge on any atom is 0.290 e.